The van der Waals surface area contributed by atoms with Crippen molar-refractivity contribution in [2.75, 3.05) is 34.4 Å². The van der Waals surface area contributed by atoms with Gasteiger partial charge >= 0.3 is 18.4 Å². The summed E-state index contributed by atoms with van der Waals surface area (Å²) in [5.41, 5.74) is 0.416. The lowest BCUT2D eigenvalue weighted by Gasteiger charge is -2.30. The van der Waals surface area contributed by atoms with Gasteiger partial charge < -0.3 is 44.6 Å². The molecule has 2 fully saturated rings. The number of aromatic amines is 2. The molecular weight excluding hydrogens is 773 g/mol. The van der Waals surface area contributed by atoms with Crippen LogP contribution in [0.4, 0.5) is 22.8 Å². The maximum absolute atomic E-state index is 14.3. The largest absolute Gasteiger partial charge is 0.453 e. The molecule has 15 nitrogen and oxygen atoms in total. The second-order valence-electron chi connectivity index (χ2n) is 14.8. The number of hydrogen-bond donors (Lipinski definition) is 4. The number of fused-ring (bicyclic) bond motifs is 1. The standard InChI is InChI=1S/C41H47F3N8O7/c1-22(2)32(48-39(55)58-5)37(53)52-18-8-10-31(52)36-46-28(34(50-36)41(42,43)44)16-12-24-11-13-26-20-27(15-14-25(26)19-24)29-21-45-35(47-29)30-9-7-17-51(30)38(54)33(23(3)57-4)49-40(56)59-6/h11,13-15,19-23,30-33H,7-10,17-18H2,1-6H3,(H,45,47)(H,46,50)(H,48,55)(H,49,56)/t23-,30+,31+,32+,33+/m1/s1. The maximum atomic E-state index is 14.3. The van der Waals surface area contributed by atoms with Gasteiger partial charge in [-0.05, 0) is 73.4 Å². The van der Waals surface area contributed by atoms with Gasteiger partial charge in [0.1, 0.15) is 29.4 Å². The number of methoxy groups -OCH3 is 3. The third kappa shape index (κ3) is 9.30. The van der Waals surface area contributed by atoms with Gasteiger partial charge in [0.05, 0.1) is 44.3 Å². The van der Waals surface area contributed by atoms with E-state index >= 15 is 0 Å². The van der Waals surface area contributed by atoms with Crippen LogP contribution in [0.25, 0.3) is 22.0 Å². The van der Waals surface area contributed by atoms with E-state index in [0.29, 0.717) is 37.2 Å². The molecule has 2 aliphatic heterocycles. The average Bonchev–Trinajstić information content (AvgIpc) is 4.06. The van der Waals surface area contributed by atoms with Crippen LogP contribution in [-0.2, 0) is 30.0 Å². The minimum Gasteiger partial charge on any atom is -0.453 e. The highest BCUT2D eigenvalue weighted by Gasteiger charge is 2.42. The Morgan fingerprint density at radius 2 is 1.41 bits per heavy atom. The molecule has 0 spiro atoms. The van der Waals surface area contributed by atoms with Crippen molar-refractivity contribution in [3.8, 4) is 23.1 Å². The van der Waals surface area contributed by atoms with Gasteiger partial charge in [0, 0.05) is 31.3 Å². The molecule has 18 heteroatoms. The van der Waals surface area contributed by atoms with Gasteiger partial charge in [0.25, 0.3) is 0 Å². The normalized spacial score (nSPS) is 18.3. The first-order valence-corrected chi connectivity index (χ1v) is 19.2. The van der Waals surface area contributed by atoms with E-state index in [1.54, 1.807) is 44.0 Å². The SMILES string of the molecule is COC(=O)N[C@H](C(=O)N1CCC[C@H]1c1nc(C(F)(F)F)c(C#Cc2ccc3cc(-c4cnc([C@@H]5CCCN5C(=O)[C@@H](NC(=O)OC)[C@@H](C)OC)[nH]4)ccc3c2)[nH]1)C(C)C. The van der Waals surface area contributed by atoms with E-state index in [4.69, 9.17) is 9.47 Å². The lowest BCUT2D eigenvalue weighted by Crippen LogP contribution is -2.54. The Morgan fingerprint density at radius 1 is 0.814 bits per heavy atom. The minimum atomic E-state index is -4.82. The fraction of sp³-hybridized carbons (Fsp3) is 0.463. The Balaban J connectivity index is 1.20. The molecule has 2 saturated heterocycles. The molecule has 2 aliphatic rings. The van der Waals surface area contributed by atoms with E-state index in [9.17, 15) is 32.3 Å². The van der Waals surface area contributed by atoms with Gasteiger partial charge in [0.15, 0.2) is 5.69 Å². The molecule has 5 atom stereocenters. The van der Waals surface area contributed by atoms with Crippen LogP contribution in [0.15, 0.2) is 42.6 Å². The van der Waals surface area contributed by atoms with E-state index in [1.165, 1.54) is 26.2 Å². The highest BCUT2D eigenvalue weighted by Crippen LogP contribution is 2.37. The van der Waals surface area contributed by atoms with Crippen LogP contribution >= 0.6 is 0 Å². The fourth-order valence-corrected chi connectivity index (χ4v) is 7.51. The first-order chi connectivity index (χ1) is 28.1. The number of imidazole rings is 2. The number of hydrogen-bond acceptors (Lipinski definition) is 9. The molecule has 6 rings (SSSR count). The van der Waals surface area contributed by atoms with Crippen molar-refractivity contribution in [3.05, 3.63) is 71.2 Å². The monoisotopic (exact) mass is 820 g/mol. The Kier molecular flexibility index (Phi) is 12.8. The van der Waals surface area contributed by atoms with Gasteiger partial charge in [0.2, 0.25) is 11.8 Å². The summed E-state index contributed by atoms with van der Waals surface area (Å²) in [4.78, 5) is 68.8. The first-order valence-electron chi connectivity index (χ1n) is 19.2. The zero-order chi connectivity index (χ0) is 42.6. The van der Waals surface area contributed by atoms with Gasteiger partial charge in [-0.3, -0.25) is 9.59 Å². The van der Waals surface area contributed by atoms with Crippen molar-refractivity contribution in [3.63, 3.8) is 0 Å². The number of nitrogens with one attached hydrogen (secondary N) is 4. The zero-order valence-corrected chi connectivity index (χ0v) is 33.5. The molecule has 4 N–H and O–H groups in total. The minimum absolute atomic E-state index is 0.0336. The van der Waals surface area contributed by atoms with Crippen LogP contribution in [0.3, 0.4) is 0 Å². The molecule has 2 aromatic heterocycles. The molecule has 0 unspecified atom stereocenters. The first kappa shape index (κ1) is 42.5. The number of carbonyl (C=O) groups is 4. The van der Waals surface area contributed by atoms with Crippen molar-refractivity contribution in [2.24, 2.45) is 5.92 Å². The van der Waals surface area contributed by atoms with Gasteiger partial charge in [-0.2, -0.15) is 13.2 Å². The third-order valence-corrected chi connectivity index (χ3v) is 10.7. The Morgan fingerprint density at radius 3 is 2.02 bits per heavy atom. The van der Waals surface area contributed by atoms with Crippen LogP contribution < -0.4 is 10.6 Å². The summed E-state index contributed by atoms with van der Waals surface area (Å²) >= 11 is 0. The molecule has 2 aromatic carbocycles. The fourth-order valence-electron chi connectivity index (χ4n) is 7.51. The van der Waals surface area contributed by atoms with Crippen molar-refractivity contribution in [1.29, 1.82) is 0 Å². The Bertz CT molecular complexity index is 2260. The Hall–Kier alpha value is -6.09. The van der Waals surface area contributed by atoms with Gasteiger partial charge in [-0.25, -0.2) is 19.6 Å². The summed E-state index contributed by atoms with van der Waals surface area (Å²) in [6.07, 6.45) is -2.92. The smallest absolute Gasteiger partial charge is 0.436 e. The number of rotatable bonds is 10. The molecule has 59 heavy (non-hydrogen) atoms. The molecule has 0 saturated carbocycles. The second kappa shape index (κ2) is 17.8. The molecule has 0 aliphatic carbocycles. The third-order valence-electron chi connectivity index (χ3n) is 10.7. The summed E-state index contributed by atoms with van der Waals surface area (Å²) < 4.78 is 57.5. The van der Waals surface area contributed by atoms with E-state index < -0.39 is 59.9 Å². The molecule has 0 bridgehead atoms. The number of ether oxygens (including phenoxy) is 3. The van der Waals surface area contributed by atoms with Crippen molar-refractivity contribution in [1.82, 2.24) is 40.4 Å². The number of H-pyrrole nitrogens is 2. The summed E-state index contributed by atoms with van der Waals surface area (Å²) in [7, 11) is 3.86. The number of nitrogens with zero attached hydrogens (tertiary/aromatic N) is 4. The van der Waals surface area contributed by atoms with Crippen molar-refractivity contribution in [2.45, 2.75) is 82.9 Å². The highest BCUT2D eigenvalue weighted by molar-refractivity contribution is 5.89. The molecule has 314 valence electrons. The number of aromatic nitrogens is 4. The van der Waals surface area contributed by atoms with Crippen molar-refractivity contribution < 1.29 is 46.6 Å². The van der Waals surface area contributed by atoms with E-state index in [-0.39, 0.29) is 30.2 Å². The summed E-state index contributed by atoms with van der Waals surface area (Å²) in [6.45, 7) is 5.95. The lowest BCUT2D eigenvalue weighted by atomic mass is 10.0. The van der Waals surface area contributed by atoms with Crippen LogP contribution in [0.5, 0.6) is 0 Å². The summed E-state index contributed by atoms with van der Waals surface area (Å²) in [5.74, 6) is 4.97. The predicted octanol–water partition coefficient (Wildman–Crippen LogP) is 5.84. The highest BCUT2D eigenvalue weighted by atomic mass is 19.4. The number of carbonyl (C=O) groups excluding carboxylic acids is 4. The number of alkyl halides is 3. The number of benzene rings is 2. The number of likely N-dealkylation sites (tertiary alicyclic amines) is 2. The molecule has 0 radical (unpaired) electrons. The predicted molar refractivity (Wildman–Crippen MR) is 208 cm³/mol. The average molecular weight is 821 g/mol. The number of halogens is 3. The number of amides is 4. The molecule has 4 aromatic rings. The molecule has 4 heterocycles. The van der Waals surface area contributed by atoms with E-state index in [1.807, 2.05) is 24.3 Å². The van der Waals surface area contributed by atoms with E-state index in [0.717, 1.165) is 28.5 Å². The summed E-state index contributed by atoms with van der Waals surface area (Å²) in [5, 5.41) is 6.75. The lowest BCUT2D eigenvalue weighted by molar-refractivity contribution is -0.141. The zero-order valence-electron chi connectivity index (χ0n) is 33.5. The molecule has 4 amide bonds. The van der Waals surface area contributed by atoms with Gasteiger partial charge in [-0.15, -0.1) is 0 Å². The maximum Gasteiger partial charge on any atom is 0.436 e. The number of alkyl carbamates (subject to hydrolysis) is 2. The Labute approximate surface area is 338 Å². The van der Waals surface area contributed by atoms with Crippen LogP contribution in [0, 0.1) is 17.8 Å². The van der Waals surface area contributed by atoms with E-state index in [2.05, 4.69) is 47.1 Å². The topological polar surface area (TPSA) is 184 Å². The van der Waals surface area contributed by atoms with Gasteiger partial charge in [-0.1, -0.05) is 38.0 Å². The van der Waals surface area contributed by atoms with Crippen molar-refractivity contribution >= 4 is 34.8 Å². The second-order valence-corrected chi connectivity index (χ2v) is 14.8. The quantitative estimate of drug-likeness (QED) is 0.143. The molecular formula is C41H47F3N8O7. The van der Waals surface area contributed by atoms with Crippen LogP contribution in [0.2, 0.25) is 0 Å². The van der Waals surface area contributed by atoms with Crippen LogP contribution in [-0.4, -0.2) is 106 Å². The van der Waals surface area contributed by atoms with Crippen LogP contribution in [0.1, 0.15) is 87.1 Å². The summed E-state index contributed by atoms with van der Waals surface area (Å²) in [6, 6.07) is 7.99.